The molecule has 1 aromatic heterocycles. The van der Waals surface area contributed by atoms with E-state index in [0.717, 1.165) is 39.4 Å². The third-order valence-electron chi connectivity index (χ3n) is 3.88. The molecule has 2 aliphatic rings. The summed E-state index contributed by atoms with van der Waals surface area (Å²) in [5.41, 5.74) is 0. The van der Waals surface area contributed by atoms with E-state index in [9.17, 15) is 0 Å². The predicted octanol–water partition coefficient (Wildman–Crippen LogP) is -0.251. The van der Waals surface area contributed by atoms with Gasteiger partial charge in [-0.1, -0.05) is 0 Å². The van der Waals surface area contributed by atoms with Gasteiger partial charge in [-0.2, -0.15) is 5.10 Å². The number of hydrogen-bond acceptors (Lipinski definition) is 5. The molecule has 0 aliphatic carbocycles. The molecule has 1 N–H and O–H groups in total. The van der Waals surface area contributed by atoms with E-state index in [-0.39, 0.29) is 0 Å². The lowest BCUT2D eigenvalue weighted by molar-refractivity contribution is -0.884. The summed E-state index contributed by atoms with van der Waals surface area (Å²) in [7, 11) is 2.24. The largest absolute Gasteiger partial charge is 0.378 e. The molecule has 1 aromatic rings. The van der Waals surface area contributed by atoms with Crippen molar-refractivity contribution in [2.75, 3.05) is 64.4 Å². The first kappa shape index (κ1) is 13.9. The molecule has 0 radical (unpaired) electrons. The number of morpholine rings is 1. The number of thiophene rings is 1. The molecule has 20 heavy (non-hydrogen) atoms. The van der Waals surface area contributed by atoms with Crippen LogP contribution >= 0.6 is 11.3 Å². The second-order valence-electron chi connectivity index (χ2n) is 5.43. The fourth-order valence-corrected chi connectivity index (χ4v) is 3.42. The molecule has 0 atom stereocenters. The number of anilines is 1. The van der Waals surface area contributed by atoms with Crippen LogP contribution in [0.4, 0.5) is 5.00 Å². The number of hydrazone groups is 1. The minimum absolute atomic E-state index is 0.838. The van der Waals surface area contributed by atoms with Gasteiger partial charge in [0.05, 0.1) is 57.7 Å². The molecule has 110 valence electrons. The second kappa shape index (κ2) is 6.56. The number of nitrogens with zero attached hydrogens (tertiary/aromatic N) is 3. The minimum atomic E-state index is 0.838. The number of piperazine rings is 1. The average molecular weight is 295 g/mol. The highest BCUT2D eigenvalue weighted by Gasteiger charge is 2.15. The number of hydrogen-bond donors (Lipinski definition) is 1. The van der Waals surface area contributed by atoms with Crippen LogP contribution in [0.2, 0.25) is 0 Å². The van der Waals surface area contributed by atoms with Gasteiger partial charge in [0.1, 0.15) is 0 Å². The Labute approximate surface area is 124 Å². The Morgan fingerprint density at radius 2 is 1.95 bits per heavy atom. The van der Waals surface area contributed by atoms with Crippen LogP contribution in [0.5, 0.6) is 0 Å². The summed E-state index contributed by atoms with van der Waals surface area (Å²) < 4.78 is 5.39. The molecule has 0 spiro atoms. The van der Waals surface area contributed by atoms with E-state index >= 15 is 0 Å². The molecule has 0 saturated carbocycles. The lowest BCUT2D eigenvalue weighted by Gasteiger charge is -2.27. The van der Waals surface area contributed by atoms with E-state index < -0.39 is 0 Å². The van der Waals surface area contributed by atoms with Crippen molar-refractivity contribution < 1.29 is 9.64 Å². The van der Waals surface area contributed by atoms with Crippen molar-refractivity contribution in [1.82, 2.24) is 5.01 Å². The van der Waals surface area contributed by atoms with Crippen molar-refractivity contribution in [2.45, 2.75) is 0 Å². The van der Waals surface area contributed by atoms with E-state index in [0.29, 0.717) is 0 Å². The smallest absolute Gasteiger partial charge is 0.0964 e. The summed E-state index contributed by atoms with van der Waals surface area (Å²) in [4.78, 5) is 5.23. The zero-order valence-corrected chi connectivity index (χ0v) is 12.9. The minimum Gasteiger partial charge on any atom is -0.378 e. The van der Waals surface area contributed by atoms with Crippen LogP contribution < -0.4 is 9.80 Å². The summed E-state index contributed by atoms with van der Waals surface area (Å²) >= 11 is 1.82. The Morgan fingerprint density at radius 1 is 1.20 bits per heavy atom. The quantitative estimate of drug-likeness (QED) is 0.781. The first-order valence-corrected chi connectivity index (χ1v) is 8.16. The van der Waals surface area contributed by atoms with Crippen molar-refractivity contribution in [3.8, 4) is 0 Å². The van der Waals surface area contributed by atoms with E-state index in [2.05, 4.69) is 34.2 Å². The molecular weight excluding hydrogens is 272 g/mol. The van der Waals surface area contributed by atoms with Gasteiger partial charge >= 0.3 is 0 Å². The first-order chi connectivity index (χ1) is 9.81. The van der Waals surface area contributed by atoms with E-state index in [4.69, 9.17) is 4.74 Å². The lowest BCUT2D eigenvalue weighted by Crippen LogP contribution is -3.11. The van der Waals surface area contributed by atoms with Gasteiger partial charge in [0.15, 0.2) is 0 Å². The topological polar surface area (TPSA) is 32.5 Å². The van der Waals surface area contributed by atoms with Crippen molar-refractivity contribution in [1.29, 1.82) is 0 Å². The third-order valence-corrected chi connectivity index (χ3v) is 4.96. The van der Waals surface area contributed by atoms with Crippen LogP contribution in [0.15, 0.2) is 17.2 Å². The molecule has 0 unspecified atom stereocenters. The predicted molar refractivity (Wildman–Crippen MR) is 83.1 cm³/mol. The highest BCUT2D eigenvalue weighted by molar-refractivity contribution is 7.17. The van der Waals surface area contributed by atoms with Gasteiger partial charge in [-0.05, 0) is 12.1 Å². The van der Waals surface area contributed by atoms with Crippen molar-refractivity contribution >= 4 is 22.6 Å². The summed E-state index contributed by atoms with van der Waals surface area (Å²) in [5, 5.41) is 8.12. The van der Waals surface area contributed by atoms with Gasteiger partial charge < -0.3 is 14.5 Å². The highest BCUT2D eigenvalue weighted by Crippen LogP contribution is 2.25. The molecule has 3 rings (SSSR count). The van der Waals surface area contributed by atoms with E-state index in [1.54, 1.807) is 4.90 Å². The van der Waals surface area contributed by atoms with Crippen molar-refractivity contribution in [3.63, 3.8) is 0 Å². The van der Waals surface area contributed by atoms with Crippen LogP contribution in [0.25, 0.3) is 0 Å². The summed E-state index contributed by atoms with van der Waals surface area (Å²) in [5.74, 6) is 0. The number of nitrogens with one attached hydrogen (secondary N) is 1. The zero-order valence-electron chi connectivity index (χ0n) is 12.0. The molecule has 0 bridgehead atoms. The highest BCUT2D eigenvalue weighted by atomic mass is 32.1. The second-order valence-corrected chi connectivity index (χ2v) is 6.52. The molecule has 2 aliphatic heterocycles. The fourth-order valence-electron chi connectivity index (χ4n) is 2.50. The molecule has 0 aromatic carbocycles. The summed E-state index contributed by atoms with van der Waals surface area (Å²) in [6, 6.07) is 4.37. The van der Waals surface area contributed by atoms with Gasteiger partial charge in [-0.15, -0.1) is 11.3 Å². The maximum absolute atomic E-state index is 5.39. The molecular formula is C14H23N4OS+. The molecule has 6 heteroatoms. The van der Waals surface area contributed by atoms with Crippen molar-refractivity contribution in [2.24, 2.45) is 5.10 Å². The molecule has 2 fully saturated rings. The third kappa shape index (κ3) is 3.50. The zero-order chi connectivity index (χ0) is 13.8. The normalized spacial score (nSPS) is 21.9. The number of ether oxygens (including phenoxy) is 1. The Morgan fingerprint density at radius 3 is 2.70 bits per heavy atom. The van der Waals surface area contributed by atoms with Gasteiger partial charge in [0.2, 0.25) is 0 Å². The number of likely N-dealkylation sites (N-methyl/N-ethyl adjacent to an activating group) is 1. The Kier molecular flexibility index (Phi) is 4.54. The first-order valence-electron chi connectivity index (χ1n) is 7.34. The monoisotopic (exact) mass is 295 g/mol. The Balaban J connectivity index is 1.56. The Bertz CT molecular complexity index is 448. The fraction of sp³-hybridized carbons (Fsp3) is 0.643. The maximum atomic E-state index is 5.39. The molecule has 5 nitrogen and oxygen atoms in total. The van der Waals surface area contributed by atoms with Gasteiger partial charge in [-0.3, -0.25) is 5.01 Å². The van der Waals surface area contributed by atoms with E-state index in [1.165, 1.54) is 23.0 Å². The molecule has 0 amide bonds. The summed E-state index contributed by atoms with van der Waals surface area (Å²) in [6.45, 7) is 8.16. The van der Waals surface area contributed by atoms with E-state index in [1.807, 2.05) is 17.6 Å². The number of rotatable bonds is 3. The van der Waals surface area contributed by atoms with Gasteiger partial charge in [0, 0.05) is 18.0 Å². The molecule has 3 heterocycles. The lowest BCUT2D eigenvalue weighted by atomic mass is 10.4. The summed E-state index contributed by atoms with van der Waals surface area (Å²) in [6.07, 6.45) is 2.01. The van der Waals surface area contributed by atoms with Crippen LogP contribution in [0.3, 0.4) is 0 Å². The van der Waals surface area contributed by atoms with Crippen LogP contribution in [0, 0.1) is 0 Å². The van der Waals surface area contributed by atoms with Gasteiger partial charge in [-0.25, -0.2) is 0 Å². The van der Waals surface area contributed by atoms with Crippen molar-refractivity contribution in [3.05, 3.63) is 17.0 Å². The van der Waals surface area contributed by atoms with Crippen LogP contribution in [-0.4, -0.2) is 70.8 Å². The maximum Gasteiger partial charge on any atom is 0.0964 e. The SMILES string of the molecule is C[NH+]1CCN(/N=C\c2ccc(N3CCOCC3)s2)CC1. The Hall–Kier alpha value is -1.11. The number of quaternary nitrogens is 1. The molecule has 2 saturated heterocycles. The van der Waals surface area contributed by atoms with Crippen LogP contribution in [0.1, 0.15) is 4.88 Å². The van der Waals surface area contributed by atoms with Crippen LogP contribution in [-0.2, 0) is 4.74 Å². The standard InChI is InChI=1S/C14H22N4OS/c1-16-4-6-18(7-5-16)15-12-13-2-3-14(20-13)17-8-10-19-11-9-17/h2-3,12H,4-11H2,1H3/p+1/b15-12-. The van der Waals surface area contributed by atoms with Gasteiger partial charge in [0.25, 0.3) is 0 Å². The average Bonchev–Trinajstić information content (AvgIpc) is 2.97.